The zero-order valence-electron chi connectivity index (χ0n) is 16.6. The van der Waals surface area contributed by atoms with Crippen molar-refractivity contribution in [3.05, 3.63) is 68.3 Å². The molecule has 2 heterocycles. The fraction of sp³-hybridized carbons (Fsp3) is 0.333. The lowest BCUT2D eigenvalue weighted by Gasteiger charge is -2.35. The van der Waals surface area contributed by atoms with Crippen LogP contribution in [-0.4, -0.2) is 43.8 Å². The Morgan fingerprint density at radius 1 is 1.30 bits per heavy atom. The van der Waals surface area contributed by atoms with Crippen molar-refractivity contribution in [2.75, 3.05) is 26.9 Å². The van der Waals surface area contributed by atoms with Crippen molar-refractivity contribution in [2.24, 2.45) is 0 Å². The minimum Gasteiger partial charge on any atom is -0.460 e. The highest BCUT2D eigenvalue weighted by molar-refractivity contribution is 7.09. The molecule has 0 fully saturated rings. The summed E-state index contributed by atoms with van der Waals surface area (Å²) in [6.45, 7) is 2.27. The van der Waals surface area contributed by atoms with Gasteiger partial charge in [0.25, 0.3) is 0 Å². The molecule has 0 aliphatic carbocycles. The van der Waals surface area contributed by atoms with Crippen LogP contribution in [0.3, 0.4) is 0 Å². The van der Waals surface area contributed by atoms with Gasteiger partial charge >= 0.3 is 12.0 Å². The van der Waals surface area contributed by atoms with Crippen LogP contribution >= 0.6 is 22.9 Å². The number of hydrogen-bond donors (Lipinski definition) is 1. The molecule has 0 saturated heterocycles. The number of urea groups is 1. The van der Waals surface area contributed by atoms with Gasteiger partial charge in [-0.15, -0.1) is 11.3 Å². The summed E-state index contributed by atoms with van der Waals surface area (Å²) < 4.78 is 24.8. The van der Waals surface area contributed by atoms with Crippen molar-refractivity contribution in [1.82, 2.24) is 10.2 Å². The first-order valence-corrected chi connectivity index (χ1v) is 10.6. The number of methoxy groups -OCH3 is 1. The number of amides is 2. The Bertz CT molecular complexity index is 928. The zero-order valence-corrected chi connectivity index (χ0v) is 18.2. The molecule has 6 nitrogen and oxygen atoms in total. The average Bonchev–Trinajstić information content (AvgIpc) is 3.21. The van der Waals surface area contributed by atoms with E-state index in [4.69, 9.17) is 21.1 Å². The van der Waals surface area contributed by atoms with E-state index < -0.39 is 23.9 Å². The molecule has 1 atom stereocenters. The first kappa shape index (κ1) is 22.3. The number of ether oxygens (including phenoxy) is 2. The number of thiophene rings is 1. The Labute approximate surface area is 183 Å². The molecular formula is C21H22ClFN2O4S. The topological polar surface area (TPSA) is 67.9 Å². The van der Waals surface area contributed by atoms with Crippen molar-refractivity contribution >= 4 is 34.9 Å². The van der Waals surface area contributed by atoms with Crippen LogP contribution in [0.2, 0.25) is 5.02 Å². The summed E-state index contributed by atoms with van der Waals surface area (Å²) in [5.41, 5.74) is 0.578. The Morgan fingerprint density at radius 2 is 2.10 bits per heavy atom. The predicted octanol–water partition coefficient (Wildman–Crippen LogP) is 4.31. The molecule has 9 heteroatoms. The highest BCUT2D eigenvalue weighted by Gasteiger charge is 2.38. The van der Waals surface area contributed by atoms with Gasteiger partial charge in [0, 0.05) is 34.8 Å². The summed E-state index contributed by atoms with van der Waals surface area (Å²) in [6, 6.07) is 6.65. The quantitative estimate of drug-likeness (QED) is 0.478. The monoisotopic (exact) mass is 452 g/mol. The maximum Gasteiger partial charge on any atom is 0.338 e. The number of halogens is 2. The minimum atomic E-state index is -1.06. The second-order valence-corrected chi connectivity index (χ2v) is 8.07. The lowest BCUT2D eigenvalue weighted by Crippen LogP contribution is -2.49. The molecule has 1 aromatic heterocycles. The van der Waals surface area contributed by atoms with Gasteiger partial charge in [0.1, 0.15) is 12.4 Å². The van der Waals surface area contributed by atoms with Crippen LogP contribution in [0.15, 0.2) is 47.0 Å². The van der Waals surface area contributed by atoms with Crippen LogP contribution < -0.4 is 5.32 Å². The number of nitrogens with one attached hydrogen (secondary N) is 1. The molecule has 0 spiro atoms. The van der Waals surface area contributed by atoms with Gasteiger partial charge in [-0.3, -0.25) is 4.90 Å². The van der Waals surface area contributed by atoms with E-state index >= 15 is 0 Å². The molecule has 0 saturated carbocycles. The highest BCUT2D eigenvalue weighted by Crippen LogP contribution is 2.36. The number of carbonyl (C=O) groups is 2. The van der Waals surface area contributed by atoms with E-state index in [0.717, 1.165) is 4.88 Å². The molecule has 2 amide bonds. The maximum absolute atomic E-state index is 14.6. The smallest absolute Gasteiger partial charge is 0.338 e. The standard InChI is InChI=1S/C21H22ClFN2O4S/c1-13-17(20(26)29-11-10-28-2)19(18-15(22)6-3-7-16(18)23)24-21(27)25(13)9-8-14-5-4-12-30-14/h3-7,12,19H,8-11H2,1-2H3,(H,24,27). The van der Waals surface area contributed by atoms with Crippen LogP contribution in [0.5, 0.6) is 0 Å². The van der Waals surface area contributed by atoms with Crippen LogP contribution in [-0.2, 0) is 20.7 Å². The van der Waals surface area contributed by atoms with E-state index in [9.17, 15) is 14.0 Å². The number of benzene rings is 1. The molecule has 1 aliphatic heterocycles. The lowest BCUT2D eigenvalue weighted by atomic mass is 9.94. The normalized spacial score (nSPS) is 16.6. The SMILES string of the molecule is COCCOC(=O)C1=C(C)N(CCc2cccs2)C(=O)NC1c1c(F)cccc1Cl. The first-order chi connectivity index (χ1) is 14.4. The predicted molar refractivity (Wildman–Crippen MR) is 113 cm³/mol. The third kappa shape index (κ3) is 4.83. The highest BCUT2D eigenvalue weighted by atomic mass is 35.5. The molecule has 0 radical (unpaired) electrons. The fourth-order valence-electron chi connectivity index (χ4n) is 3.29. The van der Waals surface area contributed by atoms with Gasteiger partial charge in [-0.25, -0.2) is 14.0 Å². The Kier molecular flexibility index (Phi) is 7.47. The molecule has 1 aliphatic rings. The number of allylic oxidation sites excluding steroid dienone is 1. The summed E-state index contributed by atoms with van der Waals surface area (Å²) in [4.78, 5) is 28.3. The molecule has 160 valence electrons. The summed E-state index contributed by atoms with van der Waals surface area (Å²) in [5, 5.41) is 4.80. The summed E-state index contributed by atoms with van der Waals surface area (Å²) in [7, 11) is 1.49. The van der Waals surface area contributed by atoms with Gasteiger partial charge in [-0.2, -0.15) is 0 Å². The third-order valence-corrected chi connectivity index (χ3v) is 6.05. The summed E-state index contributed by atoms with van der Waals surface area (Å²) in [6.07, 6.45) is 0.625. The molecule has 1 N–H and O–H groups in total. The van der Waals surface area contributed by atoms with Crippen LogP contribution in [0.25, 0.3) is 0 Å². The second-order valence-electron chi connectivity index (χ2n) is 6.63. The zero-order chi connectivity index (χ0) is 21.7. The summed E-state index contributed by atoms with van der Waals surface area (Å²) >= 11 is 7.81. The van der Waals surface area contributed by atoms with Gasteiger partial charge in [-0.05, 0) is 36.9 Å². The van der Waals surface area contributed by atoms with Crippen molar-refractivity contribution < 1.29 is 23.5 Å². The van der Waals surface area contributed by atoms with E-state index in [1.165, 1.54) is 30.2 Å². The van der Waals surface area contributed by atoms with Crippen molar-refractivity contribution in [2.45, 2.75) is 19.4 Å². The summed E-state index contributed by atoms with van der Waals surface area (Å²) in [5.74, 6) is -1.27. The van der Waals surface area contributed by atoms with Gasteiger partial charge < -0.3 is 14.8 Å². The number of esters is 1. The number of nitrogens with zero attached hydrogens (tertiary/aromatic N) is 1. The molecule has 2 aromatic rings. The van der Waals surface area contributed by atoms with Crippen LogP contribution in [0.4, 0.5) is 9.18 Å². The van der Waals surface area contributed by atoms with Crippen LogP contribution in [0.1, 0.15) is 23.4 Å². The lowest BCUT2D eigenvalue weighted by molar-refractivity contribution is -0.140. The van der Waals surface area contributed by atoms with E-state index in [1.807, 2.05) is 17.5 Å². The van der Waals surface area contributed by atoms with E-state index in [-0.39, 0.29) is 29.4 Å². The average molecular weight is 453 g/mol. The van der Waals surface area contributed by atoms with Crippen LogP contribution in [0, 0.1) is 5.82 Å². The van der Waals surface area contributed by atoms with E-state index in [2.05, 4.69) is 5.32 Å². The van der Waals surface area contributed by atoms with Crippen molar-refractivity contribution in [3.63, 3.8) is 0 Å². The Morgan fingerprint density at radius 3 is 2.77 bits per heavy atom. The molecule has 0 bridgehead atoms. The second kappa shape index (κ2) is 10.1. The number of rotatable bonds is 8. The van der Waals surface area contributed by atoms with Crippen molar-refractivity contribution in [1.29, 1.82) is 0 Å². The molecule has 30 heavy (non-hydrogen) atoms. The molecule has 1 aromatic carbocycles. The fourth-order valence-corrected chi connectivity index (χ4v) is 4.26. The Hall–Kier alpha value is -2.42. The van der Waals surface area contributed by atoms with Gasteiger partial charge in [0.05, 0.1) is 18.2 Å². The van der Waals surface area contributed by atoms with Gasteiger partial charge in [0.2, 0.25) is 0 Å². The largest absolute Gasteiger partial charge is 0.460 e. The molecule has 1 unspecified atom stereocenters. The van der Waals surface area contributed by atoms with Gasteiger partial charge in [0.15, 0.2) is 0 Å². The number of carbonyl (C=O) groups excluding carboxylic acids is 2. The van der Waals surface area contributed by atoms with E-state index in [1.54, 1.807) is 18.3 Å². The van der Waals surface area contributed by atoms with Crippen molar-refractivity contribution in [3.8, 4) is 0 Å². The minimum absolute atomic E-state index is 0.0310. The number of hydrogen-bond acceptors (Lipinski definition) is 5. The molecular weight excluding hydrogens is 431 g/mol. The first-order valence-electron chi connectivity index (χ1n) is 9.35. The maximum atomic E-state index is 14.6. The third-order valence-electron chi connectivity index (χ3n) is 4.79. The molecule has 3 rings (SSSR count). The Balaban J connectivity index is 1.97. The van der Waals surface area contributed by atoms with E-state index in [0.29, 0.717) is 18.7 Å². The van der Waals surface area contributed by atoms with Gasteiger partial charge in [-0.1, -0.05) is 23.7 Å².